The number of halogens is 4. The second-order valence-corrected chi connectivity index (χ2v) is 4.46. The lowest BCUT2D eigenvalue weighted by atomic mass is 10.2. The highest BCUT2D eigenvalue weighted by Crippen LogP contribution is 2.30. The molecular formula is C16H11F4NO. The Kier molecular flexibility index (Phi) is 4.60. The van der Waals surface area contributed by atoms with Crippen LogP contribution in [-0.2, 0) is 11.0 Å². The molecule has 0 bridgehead atoms. The van der Waals surface area contributed by atoms with Gasteiger partial charge in [0.05, 0.1) is 5.56 Å². The van der Waals surface area contributed by atoms with Crippen molar-refractivity contribution in [2.24, 2.45) is 0 Å². The second kappa shape index (κ2) is 6.43. The summed E-state index contributed by atoms with van der Waals surface area (Å²) in [5, 5.41) is 2.32. The third kappa shape index (κ3) is 4.44. The summed E-state index contributed by atoms with van der Waals surface area (Å²) in [5.74, 6) is -1.05. The van der Waals surface area contributed by atoms with E-state index in [0.717, 1.165) is 18.2 Å². The van der Waals surface area contributed by atoms with Crippen LogP contribution in [0, 0.1) is 5.82 Å². The molecular weight excluding hydrogens is 298 g/mol. The zero-order chi connectivity index (χ0) is 16.2. The number of alkyl halides is 3. The van der Waals surface area contributed by atoms with Crippen LogP contribution in [0.2, 0.25) is 0 Å². The summed E-state index contributed by atoms with van der Waals surface area (Å²) >= 11 is 0. The molecule has 0 heterocycles. The first kappa shape index (κ1) is 15.8. The maximum atomic E-state index is 13.0. The molecule has 0 unspecified atom stereocenters. The Bertz CT molecular complexity index is 707. The van der Waals surface area contributed by atoms with Crippen LogP contribution in [0.1, 0.15) is 11.1 Å². The quantitative estimate of drug-likeness (QED) is 0.656. The van der Waals surface area contributed by atoms with Gasteiger partial charge in [-0.05, 0) is 42.0 Å². The van der Waals surface area contributed by atoms with E-state index >= 15 is 0 Å². The molecule has 0 aliphatic heterocycles. The summed E-state index contributed by atoms with van der Waals surface area (Å²) in [6.07, 6.45) is -1.99. The van der Waals surface area contributed by atoms with Crippen LogP contribution in [0.5, 0.6) is 0 Å². The first-order valence-corrected chi connectivity index (χ1v) is 6.26. The molecule has 2 aromatic rings. The van der Waals surface area contributed by atoms with Gasteiger partial charge in [0.1, 0.15) is 5.82 Å². The van der Waals surface area contributed by atoms with Gasteiger partial charge in [-0.15, -0.1) is 0 Å². The highest BCUT2D eigenvalue weighted by Gasteiger charge is 2.30. The Morgan fingerprint density at radius 3 is 2.45 bits per heavy atom. The van der Waals surface area contributed by atoms with E-state index < -0.39 is 23.5 Å². The van der Waals surface area contributed by atoms with Crippen LogP contribution in [0.3, 0.4) is 0 Å². The molecule has 2 nitrogen and oxygen atoms in total. The van der Waals surface area contributed by atoms with E-state index in [-0.39, 0.29) is 5.69 Å². The average molecular weight is 309 g/mol. The van der Waals surface area contributed by atoms with E-state index in [1.54, 1.807) is 6.07 Å². The van der Waals surface area contributed by atoms with Crippen LogP contribution in [-0.4, -0.2) is 5.91 Å². The average Bonchev–Trinajstić information content (AvgIpc) is 2.45. The van der Waals surface area contributed by atoms with Crippen molar-refractivity contribution in [2.75, 3.05) is 5.32 Å². The van der Waals surface area contributed by atoms with Gasteiger partial charge >= 0.3 is 6.18 Å². The van der Waals surface area contributed by atoms with Crippen molar-refractivity contribution in [3.8, 4) is 0 Å². The molecule has 0 aromatic heterocycles. The number of hydrogen-bond acceptors (Lipinski definition) is 1. The Morgan fingerprint density at radius 1 is 1.05 bits per heavy atom. The monoisotopic (exact) mass is 309 g/mol. The minimum absolute atomic E-state index is 0.0312. The predicted octanol–water partition coefficient (Wildman–Crippen LogP) is 4.50. The molecule has 1 amide bonds. The number of benzene rings is 2. The lowest BCUT2D eigenvalue weighted by molar-refractivity contribution is -0.137. The van der Waals surface area contributed by atoms with E-state index in [0.29, 0.717) is 5.56 Å². The Morgan fingerprint density at radius 2 is 1.77 bits per heavy atom. The molecule has 2 rings (SSSR count). The molecule has 0 aliphatic carbocycles. The van der Waals surface area contributed by atoms with Gasteiger partial charge in [-0.1, -0.05) is 18.2 Å². The number of hydrogen-bond donors (Lipinski definition) is 1. The predicted molar refractivity (Wildman–Crippen MR) is 75.5 cm³/mol. The van der Waals surface area contributed by atoms with Crippen molar-refractivity contribution in [2.45, 2.75) is 6.18 Å². The fourth-order valence-corrected chi connectivity index (χ4v) is 1.74. The Labute approximate surface area is 124 Å². The standard InChI is InChI=1S/C16H11F4NO/c17-13-5-1-3-11(9-13)7-8-15(22)21-14-6-2-4-12(10-14)16(18,19)20/h1-10H,(H,21,22)/b8-7+. The van der Waals surface area contributed by atoms with Crippen LogP contribution >= 0.6 is 0 Å². The summed E-state index contributed by atoms with van der Waals surface area (Å²) in [7, 11) is 0. The van der Waals surface area contributed by atoms with Crippen LogP contribution in [0.4, 0.5) is 23.2 Å². The van der Waals surface area contributed by atoms with Gasteiger partial charge in [0.2, 0.25) is 5.91 Å². The fraction of sp³-hybridized carbons (Fsp3) is 0.0625. The number of anilines is 1. The van der Waals surface area contributed by atoms with Crippen molar-refractivity contribution in [3.05, 3.63) is 71.6 Å². The van der Waals surface area contributed by atoms with Crippen molar-refractivity contribution >= 4 is 17.7 Å². The van der Waals surface area contributed by atoms with Gasteiger partial charge in [0.25, 0.3) is 0 Å². The van der Waals surface area contributed by atoms with E-state index in [9.17, 15) is 22.4 Å². The SMILES string of the molecule is O=C(/C=C/c1cccc(F)c1)Nc1cccc(C(F)(F)F)c1. The Balaban J connectivity index is 2.06. The summed E-state index contributed by atoms with van der Waals surface area (Å²) in [6, 6.07) is 9.88. The smallest absolute Gasteiger partial charge is 0.322 e. The zero-order valence-electron chi connectivity index (χ0n) is 11.2. The van der Waals surface area contributed by atoms with Gasteiger partial charge < -0.3 is 5.32 Å². The number of carbonyl (C=O) groups is 1. The number of rotatable bonds is 3. The summed E-state index contributed by atoms with van der Waals surface area (Å²) < 4.78 is 50.6. The van der Waals surface area contributed by atoms with Gasteiger partial charge in [-0.25, -0.2) is 4.39 Å². The normalized spacial score (nSPS) is 11.6. The van der Waals surface area contributed by atoms with E-state index in [4.69, 9.17) is 0 Å². The van der Waals surface area contributed by atoms with Gasteiger partial charge in [-0.2, -0.15) is 13.2 Å². The topological polar surface area (TPSA) is 29.1 Å². The molecule has 6 heteroatoms. The van der Waals surface area contributed by atoms with Crippen molar-refractivity contribution in [3.63, 3.8) is 0 Å². The molecule has 0 radical (unpaired) electrons. The van der Waals surface area contributed by atoms with Gasteiger partial charge in [-0.3, -0.25) is 4.79 Å². The minimum atomic E-state index is -4.47. The highest BCUT2D eigenvalue weighted by molar-refractivity contribution is 6.01. The molecule has 114 valence electrons. The van der Waals surface area contributed by atoms with Crippen LogP contribution in [0.25, 0.3) is 6.08 Å². The highest BCUT2D eigenvalue weighted by atomic mass is 19.4. The molecule has 2 aromatic carbocycles. The second-order valence-electron chi connectivity index (χ2n) is 4.46. The largest absolute Gasteiger partial charge is 0.416 e. The summed E-state index contributed by atoms with van der Waals surface area (Å²) in [5.41, 5.74) is -0.345. The van der Waals surface area contributed by atoms with Crippen LogP contribution < -0.4 is 5.32 Å². The van der Waals surface area contributed by atoms with Crippen molar-refractivity contribution in [1.82, 2.24) is 0 Å². The zero-order valence-corrected chi connectivity index (χ0v) is 11.2. The molecule has 0 atom stereocenters. The number of amides is 1. The molecule has 0 saturated heterocycles. The van der Waals surface area contributed by atoms with E-state index in [1.165, 1.54) is 36.4 Å². The molecule has 22 heavy (non-hydrogen) atoms. The molecule has 0 spiro atoms. The lowest BCUT2D eigenvalue weighted by Gasteiger charge is -2.08. The molecule has 0 saturated carbocycles. The first-order valence-electron chi connectivity index (χ1n) is 6.26. The van der Waals surface area contributed by atoms with Crippen molar-refractivity contribution in [1.29, 1.82) is 0 Å². The third-order valence-electron chi connectivity index (χ3n) is 2.73. The first-order chi connectivity index (χ1) is 10.3. The van der Waals surface area contributed by atoms with E-state index in [2.05, 4.69) is 5.32 Å². The molecule has 1 N–H and O–H groups in total. The lowest BCUT2D eigenvalue weighted by Crippen LogP contribution is -2.10. The summed E-state index contributed by atoms with van der Waals surface area (Å²) in [4.78, 5) is 11.7. The van der Waals surface area contributed by atoms with Crippen molar-refractivity contribution < 1.29 is 22.4 Å². The van der Waals surface area contributed by atoms with Gasteiger partial charge in [0, 0.05) is 11.8 Å². The Hall–Kier alpha value is -2.63. The molecule has 0 fully saturated rings. The number of nitrogens with one attached hydrogen (secondary N) is 1. The van der Waals surface area contributed by atoms with Gasteiger partial charge in [0.15, 0.2) is 0 Å². The maximum Gasteiger partial charge on any atom is 0.416 e. The summed E-state index contributed by atoms with van der Waals surface area (Å²) in [6.45, 7) is 0. The van der Waals surface area contributed by atoms with Crippen LogP contribution in [0.15, 0.2) is 54.6 Å². The minimum Gasteiger partial charge on any atom is -0.322 e. The maximum absolute atomic E-state index is 13.0. The van der Waals surface area contributed by atoms with E-state index in [1.807, 2.05) is 0 Å². The number of carbonyl (C=O) groups excluding carboxylic acids is 1. The fourth-order valence-electron chi connectivity index (χ4n) is 1.74. The molecule has 0 aliphatic rings. The third-order valence-corrected chi connectivity index (χ3v) is 2.73.